The van der Waals surface area contributed by atoms with Crippen LogP contribution in [0.4, 0.5) is 4.39 Å². The summed E-state index contributed by atoms with van der Waals surface area (Å²) >= 11 is 1.58. The molecule has 136 valence electrons. The molecule has 2 aromatic heterocycles. The molecule has 0 aliphatic carbocycles. The first-order chi connectivity index (χ1) is 13.2. The fourth-order valence-corrected chi connectivity index (χ4v) is 4.02. The highest BCUT2D eigenvalue weighted by Crippen LogP contribution is 2.26. The molecular weight excluding hydrogens is 359 g/mol. The van der Waals surface area contributed by atoms with Gasteiger partial charge in [0.05, 0.1) is 6.04 Å². The van der Waals surface area contributed by atoms with Gasteiger partial charge in [-0.15, -0.1) is 11.3 Å². The van der Waals surface area contributed by atoms with E-state index in [2.05, 4.69) is 28.1 Å². The third-order valence-corrected chi connectivity index (χ3v) is 5.53. The van der Waals surface area contributed by atoms with Gasteiger partial charge in [0.2, 0.25) is 5.91 Å². The Kier molecular flexibility index (Phi) is 5.03. The van der Waals surface area contributed by atoms with Crippen molar-refractivity contribution in [3.63, 3.8) is 0 Å². The number of benzene rings is 2. The minimum absolute atomic E-state index is 0.0319. The highest BCUT2D eigenvalue weighted by molar-refractivity contribution is 7.10. The third-order valence-electron chi connectivity index (χ3n) is 4.60. The molecule has 4 rings (SSSR count). The molecule has 1 atom stereocenters. The SMILES string of the molecule is O=C(CCn1ccc2ccccc21)N[C@@H](c1ccc(F)cc1)c1cccs1. The van der Waals surface area contributed by atoms with Gasteiger partial charge in [0.25, 0.3) is 0 Å². The molecule has 3 nitrogen and oxygen atoms in total. The average Bonchev–Trinajstić information content (AvgIpc) is 3.35. The summed E-state index contributed by atoms with van der Waals surface area (Å²) in [4.78, 5) is 13.7. The molecule has 0 fully saturated rings. The van der Waals surface area contributed by atoms with Gasteiger partial charge >= 0.3 is 0 Å². The fourth-order valence-electron chi connectivity index (χ4n) is 3.22. The first kappa shape index (κ1) is 17.5. The topological polar surface area (TPSA) is 34.0 Å². The molecular formula is C22H19FN2OS. The molecule has 2 heterocycles. The van der Waals surface area contributed by atoms with Gasteiger partial charge in [-0.1, -0.05) is 36.4 Å². The maximum atomic E-state index is 13.3. The van der Waals surface area contributed by atoms with Crippen molar-refractivity contribution in [3.05, 3.63) is 94.6 Å². The van der Waals surface area contributed by atoms with Gasteiger partial charge in [0, 0.05) is 29.6 Å². The van der Waals surface area contributed by atoms with E-state index in [0.29, 0.717) is 13.0 Å². The number of fused-ring (bicyclic) bond motifs is 1. The smallest absolute Gasteiger partial charge is 0.222 e. The Hall–Kier alpha value is -2.92. The van der Waals surface area contributed by atoms with Gasteiger partial charge in [0.15, 0.2) is 0 Å². The summed E-state index contributed by atoms with van der Waals surface area (Å²) in [6.07, 6.45) is 2.39. The van der Waals surface area contributed by atoms with Crippen molar-refractivity contribution in [2.24, 2.45) is 0 Å². The molecule has 0 radical (unpaired) electrons. The second-order valence-corrected chi connectivity index (χ2v) is 7.36. The van der Waals surface area contributed by atoms with E-state index in [1.54, 1.807) is 23.5 Å². The number of nitrogens with one attached hydrogen (secondary N) is 1. The Bertz CT molecular complexity index is 1040. The summed E-state index contributed by atoms with van der Waals surface area (Å²) in [7, 11) is 0. The number of carbonyl (C=O) groups is 1. The van der Waals surface area contributed by atoms with E-state index in [9.17, 15) is 9.18 Å². The van der Waals surface area contributed by atoms with Gasteiger partial charge in [0.1, 0.15) is 5.82 Å². The molecule has 27 heavy (non-hydrogen) atoms. The van der Waals surface area contributed by atoms with Crippen LogP contribution in [-0.4, -0.2) is 10.5 Å². The number of halogens is 1. The quantitative estimate of drug-likeness (QED) is 0.495. The molecule has 0 saturated heterocycles. The number of para-hydroxylation sites is 1. The number of carbonyl (C=O) groups excluding carboxylic acids is 1. The third kappa shape index (κ3) is 3.93. The molecule has 0 aliphatic rings. The fraction of sp³-hybridized carbons (Fsp3) is 0.136. The molecule has 2 aromatic carbocycles. The van der Waals surface area contributed by atoms with Crippen molar-refractivity contribution in [1.82, 2.24) is 9.88 Å². The lowest BCUT2D eigenvalue weighted by Gasteiger charge is -2.18. The van der Waals surface area contributed by atoms with E-state index in [4.69, 9.17) is 0 Å². The molecule has 1 N–H and O–H groups in total. The standard InChI is InChI=1S/C22H19FN2OS/c23-18-9-7-17(8-10-18)22(20-6-3-15-27-20)24-21(26)12-14-25-13-11-16-4-1-2-5-19(16)25/h1-11,13,15,22H,12,14H2,(H,24,26)/t22-/m0/s1. The number of nitrogens with zero attached hydrogens (tertiary/aromatic N) is 1. The lowest BCUT2D eigenvalue weighted by molar-refractivity contribution is -0.121. The van der Waals surface area contributed by atoms with Crippen molar-refractivity contribution in [2.45, 2.75) is 19.0 Å². The molecule has 0 bridgehead atoms. The van der Waals surface area contributed by atoms with Gasteiger partial charge < -0.3 is 9.88 Å². The molecule has 5 heteroatoms. The Morgan fingerprint density at radius 1 is 1.04 bits per heavy atom. The van der Waals surface area contributed by atoms with Gasteiger partial charge in [-0.25, -0.2) is 4.39 Å². The summed E-state index contributed by atoms with van der Waals surface area (Å²) in [6, 6.07) is 20.1. The zero-order valence-electron chi connectivity index (χ0n) is 14.6. The van der Waals surface area contributed by atoms with E-state index in [1.807, 2.05) is 35.8 Å². The normalized spacial score (nSPS) is 12.2. The Labute approximate surface area is 161 Å². The van der Waals surface area contributed by atoms with Crippen LogP contribution in [0.2, 0.25) is 0 Å². The molecule has 0 unspecified atom stereocenters. The van der Waals surface area contributed by atoms with Crippen LogP contribution in [-0.2, 0) is 11.3 Å². The summed E-state index contributed by atoms with van der Waals surface area (Å²) in [5.41, 5.74) is 2.00. The summed E-state index contributed by atoms with van der Waals surface area (Å²) in [5.74, 6) is -0.315. The van der Waals surface area contributed by atoms with Gasteiger partial charge in [-0.2, -0.15) is 0 Å². The van der Waals surface area contributed by atoms with Crippen molar-refractivity contribution < 1.29 is 9.18 Å². The van der Waals surface area contributed by atoms with Crippen molar-refractivity contribution in [3.8, 4) is 0 Å². The predicted octanol–water partition coefficient (Wildman–Crippen LogP) is 5.14. The minimum Gasteiger partial charge on any atom is -0.347 e. The van der Waals surface area contributed by atoms with Crippen LogP contribution in [0, 0.1) is 5.82 Å². The van der Waals surface area contributed by atoms with E-state index in [-0.39, 0.29) is 17.8 Å². The second kappa shape index (κ2) is 7.76. The van der Waals surface area contributed by atoms with Crippen LogP contribution in [0.15, 0.2) is 78.3 Å². The zero-order chi connectivity index (χ0) is 18.6. The minimum atomic E-state index is -0.283. The monoisotopic (exact) mass is 378 g/mol. The number of aromatic nitrogens is 1. The Morgan fingerprint density at radius 2 is 1.85 bits per heavy atom. The van der Waals surface area contributed by atoms with Crippen LogP contribution in [0.5, 0.6) is 0 Å². The molecule has 4 aromatic rings. The predicted molar refractivity (Wildman–Crippen MR) is 107 cm³/mol. The number of rotatable bonds is 6. The number of hydrogen-bond acceptors (Lipinski definition) is 2. The second-order valence-electron chi connectivity index (χ2n) is 6.39. The number of hydrogen-bond donors (Lipinski definition) is 1. The summed E-state index contributed by atoms with van der Waals surface area (Å²) in [6.45, 7) is 0.611. The largest absolute Gasteiger partial charge is 0.347 e. The highest BCUT2D eigenvalue weighted by Gasteiger charge is 2.18. The lowest BCUT2D eigenvalue weighted by atomic mass is 10.1. The zero-order valence-corrected chi connectivity index (χ0v) is 15.5. The molecule has 1 amide bonds. The van der Waals surface area contributed by atoms with Crippen molar-refractivity contribution in [1.29, 1.82) is 0 Å². The van der Waals surface area contributed by atoms with Crippen molar-refractivity contribution in [2.75, 3.05) is 0 Å². The van der Waals surface area contributed by atoms with Gasteiger partial charge in [-0.05, 0) is 46.7 Å². The Balaban J connectivity index is 1.48. The van der Waals surface area contributed by atoms with E-state index in [1.165, 1.54) is 17.5 Å². The Morgan fingerprint density at radius 3 is 2.63 bits per heavy atom. The number of amides is 1. The molecule has 0 saturated carbocycles. The first-order valence-corrected chi connectivity index (χ1v) is 9.71. The summed E-state index contributed by atoms with van der Waals surface area (Å²) in [5, 5.41) is 6.24. The van der Waals surface area contributed by atoms with Gasteiger partial charge in [-0.3, -0.25) is 4.79 Å². The lowest BCUT2D eigenvalue weighted by Crippen LogP contribution is -2.29. The van der Waals surface area contributed by atoms with Crippen LogP contribution < -0.4 is 5.32 Å². The maximum Gasteiger partial charge on any atom is 0.222 e. The first-order valence-electron chi connectivity index (χ1n) is 8.83. The van der Waals surface area contributed by atoms with Crippen LogP contribution in [0.25, 0.3) is 10.9 Å². The van der Waals surface area contributed by atoms with E-state index < -0.39 is 0 Å². The maximum absolute atomic E-state index is 13.3. The van der Waals surface area contributed by atoms with E-state index in [0.717, 1.165) is 16.0 Å². The number of aryl methyl sites for hydroxylation is 1. The van der Waals surface area contributed by atoms with Crippen LogP contribution in [0.1, 0.15) is 22.9 Å². The number of thiophene rings is 1. The summed E-state index contributed by atoms with van der Waals surface area (Å²) < 4.78 is 15.4. The van der Waals surface area contributed by atoms with E-state index >= 15 is 0 Å². The highest BCUT2D eigenvalue weighted by atomic mass is 32.1. The van der Waals surface area contributed by atoms with Crippen LogP contribution >= 0.6 is 11.3 Å². The molecule has 0 aliphatic heterocycles. The average molecular weight is 378 g/mol. The molecule has 0 spiro atoms. The van der Waals surface area contributed by atoms with Crippen molar-refractivity contribution >= 4 is 28.1 Å². The van der Waals surface area contributed by atoms with Crippen LogP contribution in [0.3, 0.4) is 0 Å².